The van der Waals surface area contributed by atoms with Crippen LogP contribution in [0.25, 0.3) is 0 Å². The molecule has 5 heteroatoms. The molecular weight excluding hydrogens is 215 g/mol. The van der Waals surface area contributed by atoms with E-state index in [1.807, 2.05) is 0 Å². The second kappa shape index (κ2) is 3.79. The number of halogens is 5. The molecule has 83 valence electrons. The number of rotatable bonds is 2. The zero-order chi connectivity index (χ0) is 11.8. The molecule has 0 spiro atoms. The minimum atomic E-state index is -2.96. The predicted octanol–water partition coefficient (Wildman–Crippen LogP) is 3.83. The van der Waals surface area contributed by atoms with E-state index in [2.05, 4.69) is 13.5 Å². The van der Waals surface area contributed by atoms with E-state index in [0.717, 1.165) is 0 Å². The Hall–Kier alpha value is -1.13. The van der Waals surface area contributed by atoms with Crippen LogP contribution in [0.2, 0.25) is 0 Å². The van der Waals surface area contributed by atoms with Gasteiger partial charge in [-0.25, -0.2) is 22.0 Å². The fraction of sp³-hybridized carbons (Fsp3) is 0.300. The van der Waals surface area contributed by atoms with Crippen molar-refractivity contribution in [1.29, 1.82) is 0 Å². The van der Waals surface area contributed by atoms with Crippen LogP contribution in [0.1, 0.15) is 6.42 Å². The van der Waals surface area contributed by atoms with Gasteiger partial charge in [0.05, 0.1) is 5.83 Å². The normalized spacial score (nSPS) is 31.6. The van der Waals surface area contributed by atoms with E-state index < -0.39 is 41.3 Å². The fourth-order valence-corrected chi connectivity index (χ4v) is 1.34. The maximum Gasteiger partial charge on any atom is 0.173 e. The summed E-state index contributed by atoms with van der Waals surface area (Å²) in [5.41, 5.74) is -3.92. The quantitative estimate of drug-likeness (QED) is 0.624. The van der Waals surface area contributed by atoms with Crippen molar-refractivity contribution < 1.29 is 22.0 Å². The van der Waals surface area contributed by atoms with Gasteiger partial charge < -0.3 is 0 Å². The average molecular weight is 223 g/mol. The molecule has 1 aliphatic rings. The molecule has 0 fully saturated rings. The summed E-state index contributed by atoms with van der Waals surface area (Å²) in [7, 11) is 0. The molecule has 0 aromatic carbocycles. The lowest BCUT2D eigenvalue weighted by Crippen LogP contribution is -2.37. The first-order valence-electron chi connectivity index (χ1n) is 4.04. The van der Waals surface area contributed by atoms with Gasteiger partial charge in [0.25, 0.3) is 0 Å². The van der Waals surface area contributed by atoms with Gasteiger partial charge in [-0.05, 0) is 13.0 Å². The summed E-state index contributed by atoms with van der Waals surface area (Å²) >= 11 is 0. The molecule has 0 aromatic rings. The van der Waals surface area contributed by atoms with Crippen LogP contribution < -0.4 is 0 Å². The van der Waals surface area contributed by atoms with Crippen LogP contribution in [0.4, 0.5) is 22.0 Å². The maximum atomic E-state index is 13.7. The molecule has 0 saturated heterocycles. The van der Waals surface area contributed by atoms with Gasteiger partial charge in [0.15, 0.2) is 23.5 Å². The minimum Gasteiger partial charge on any atom is -0.239 e. The van der Waals surface area contributed by atoms with Crippen LogP contribution in [0.5, 0.6) is 0 Å². The number of hydrogen-bond donors (Lipinski definition) is 0. The summed E-state index contributed by atoms with van der Waals surface area (Å²) in [6.45, 7) is 5.61. The van der Waals surface area contributed by atoms with E-state index in [-0.39, 0.29) is 6.08 Å². The van der Waals surface area contributed by atoms with E-state index in [1.165, 1.54) is 0 Å². The summed E-state index contributed by atoms with van der Waals surface area (Å²) in [4.78, 5) is 0. The zero-order valence-corrected chi connectivity index (χ0v) is 7.67. The number of hydrogen-bond acceptors (Lipinski definition) is 0. The molecule has 0 bridgehead atoms. The molecule has 0 N–H and O–H groups in total. The van der Waals surface area contributed by atoms with Gasteiger partial charge in [0.2, 0.25) is 0 Å². The van der Waals surface area contributed by atoms with Gasteiger partial charge in [0.1, 0.15) is 0 Å². The Morgan fingerprint density at radius 3 is 2.47 bits per heavy atom. The van der Waals surface area contributed by atoms with Crippen molar-refractivity contribution in [2.24, 2.45) is 0 Å². The van der Waals surface area contributed by atoms with Crippen molar-refractivity contribution in [1.82, 2.24) is 0 Å². The van der Waals surface area contributed by atoms with E-state index in [0.29, 0.717) is 0 Å². The van der Waals surface area contributed by atoms with Crippen molar-refractivity contribution in [2.75, 3.05) is 0 Å². The first-order chi connectivity index (χ1) is 6.78. The molecule has 0 saturated carbocycles. The second-order valence-corrected chi connectivity index (χ2v) is 3.31. The van der Waals surface area contributed by atoms with E-state index >= 15 is 0 Å². The van der Waals surface area contributed by atoms with Crippen molar-refractivity contribution in [2.45, 2.75) is 18.3 Å². The predicted molar refractivity (Wildman–Crippen MR) is 46.3 cm³/mol. The van der Waals surface area contributed by atoms with Gasteiger partial charge in [-0.2, -0.15) is 0 Å². The Balaban J connectivity index is 3.11. The minimum absolute atomic E-state index is 0.0758. The lowest BCUT2D eigenvalue weighted by atomic mass is 9.86. The highest BCUT2D eigenvalue weighted by atomic mass is 19.2. The summed E-state index contributed by atoms with van der Waals surface area (Å²) < 4.78 is 64.8. The van der Waals surface area contributed by atoms with Crippen molar-refractivity contribution in [3.63, 3.8) is 0 Å². The lowest BCUT2D eigenvalue weighted by Gasteiger charge is -2.28. The van der Waals surface area contributed by atoms with Gasteiger partial charge >= 0.3 is 0 Å². The van der Waals surface area contributed by atoms with Crippen molar-refractivity contribution in [3.05, 3.63) is 42.6 Å². The molecule has 15 heavy (non-hydrogen) atoms. The Morgan fingerprint density at radius 1 is 1.47 bits per heavy atom. The SMILES string of the molecule is [CH2]C1=C(F)C(F)=CC(F)(CC(=C)F)C1F. The van der Waals surface area contributed by atoms with E-state index in [4.69, 9.17) is 0 Å². The van der Waals surface area contributed by atoms with Crippen LogP contribution in [0.15, 0.2) is 35.7 Å². The first kappa shape index (κ1) is 11.9. The van der Waals surface area contributed by atoms with Gasteiger partial charge in [-0.1, -0.05) is 6.58 Å². The van der Waals surface area contributed by atoms with Crippen LogP contribution in [-0.2, 0) is 0 Å². The fourth-order valence-electron chi connectivity index (χ4n) is 1.34. The highest BCUT2D eigenvalue weighted by Crippen LogP contribution is 2.41. The Morgan fingerprint density at radius 2 is 2.00 bits per heavy atom. The molecule has 2 unspecified atom stereocenters. The third kappa shape index (κ3) is 2.11. The molecule has 0 amide bonds. The monoisotopic (exact) mass is 223 g/mol. The number of alkyl halides is 2. The highest BCUT2D eigenvalue weighted by molar-refractivity contribution is 5.40. The summed E-state index contributed by atoms with van der Waals surface area (Å²) in [5, 5.41) is 0. The molecule has 1 aliphatic carbocycles. The van der Waals surface area contributed by atoms with Crippen LogP contribution in [0.3, 0.4) is 0 Å². The molecule has 1 radical (unpaired) electrons. The first-order valence-corrected chi connectivity index (χ1v) is 4.04. The molecule has 0 heterocycles. The Labute approximate surface area is 83.8 Å². The second-order valence-electron chi connectivity index (χ2n) is 3.31. The highest BCUT2D eigenvalue weighted by Gasteiger charge is 2.45. The third-order valence-electron chi connectivity index (χ3n) is 2.05. The topological polar surface area (TPSA) is 0 Å². The molecular formula is C10H8F5. The van der Waals surface area contributed by atoms with Crippen molar-refractivity contribution >= 4 is 0 Å². The van der Waals surface area contributed by atoms with Crippen LogP contribution >= 0.6 is 0 Å². The smallest absolute Gasteiger partial charge is 0.173 e. The van der Waals surface area contributed by atoms with Crippen LogP contribution in [-0.4, -0.2) is 11.8 Å². The summed E-state index contributed by atoms with van der Waals surface area (Å²) in [6, 6.07) is 0. The maximum absolute atomic E-state index is 13.7. The largest absolute Gasteiger partial charge is 0.239 e. The lowest BCUT2D eigenvalue weighted by molar-refractivity contribution is 0.106. The van der Waals surface area contributed by atoms with Gasteiger partial charge in [-0.15, -0.1) is 0 Å². The Bertz CT molecular complexity index is 355. The summed E-state index contributed by atoms with van der Waals surface area (Å²) in [6.07, 6.45) is -3.50. The third-order valence-corrected chi connectivity index (χ3v) is 2.05. The van der Waals surface area contributed by atoms with Crippen LogP contribution in [0, 0.1) is 6.92 Å². The van der Waals surface area contributed by atoms with Crippen molar-refractivity contribution in [3.8, 4) is 0 Å². The Kier molecular flexibility index (Phi) is 3.02. The molecule has 0 aliphatic heterocycles. The number of allylic oxidation sites excluding steroid dienone is 5. The molecule has 2 atom stereocenters. The van der Waals surface area contributed by atoms with E-state index in [1.54, 1.807) is 0 Å². The zero-order valence-electron chi connectivity index (χ0n) is 7.67. The average Bonchev–Trinajstić information content (AvgIpc) is 2.10. The molecule has 1 rings (SSSR count). The standard InChI is InChI=1S/C10H8F5/c1-5(11)3-10(15)4-7(12)8(13)6(2)9(10)14/h4,9H,1-3H2. The van der Waals surface area contributed by atoms with Gasteiger partial charge in [0, 0.05) is 12.0 Å². The molecule has 0 nitrogen and oxygen atoms in total. The summed E-state index contributed by atoms with van der Waals surface area (Å²) in [5.74, 6) is -4.27. The van der Waals surface area contributed by atoms with E-state index in [9.17, 15) is 22.0 Å². The molecule has 0 aromatic heterocycles. The van der Waals surface area contributed by atoms with Gasteiger partial charge in [-0.3, -0.25) is 0 Å².